The number of hydrogen-bond acceptors (Lipinski definition) is 10. The molecule has 1 aliphatic rings. The lowest BCUT2D eigenvalue weighted by molar-refractivity contribution is -0.880. The van der Waals surface area contributed by atoms with Crippen LogP contribution in [0.1, 0.15) is 17.5 Å². The van der Waals surface area contributed by atoms with Crippen molar-refractivity contribution in [2.75, 3.05) is 46.7 Å². The lowest BCUT2D eigenvalue weighted by Crippen LogP contribution is -2.41. The van der Waals surface area contributed by atoms with Gasteiger partial charge in [-0.25, -0.2) is 13.8 Å². The molecule has 3 aromatic heterocycles. The highest BCUT2D eigenvalue weighted by atomic mass is 19.1. The Hall–Kier alpha value is -6.61. The number of carbonyl (C=O) groups is 1. The van der Waals surface area contributed by atoms with Gasteiger partial charge in [-0.05, 0) is 46.4 Å². The summed E-state index contributed by atoms with van der Waals surface area (Å²) in [4.78, 5) is 50.6. The number of ketones is 1. The molecule has 6 rings (SSSR count). The predicted molar refractivity (Wildman–Crippen MR) is 204 cm³/mol. The zero-order chi connectivity index (χ0) is 39.3. The fraction of sp³-hybridized carbons (Fsp3) is 0.225. The van der Waals surface area contributed by atoms with Gasteiger partial charge in [-0.15, -0.1) is 0 Å². The summed E-state index contributed by atoms with van der Waals surface area (Å²) in [6, 6.07) is 14.8. The molecule has 4 heterocycles. The van der Waals surface area contributed by atoms with E-state index in [-0.39, 0.29) is 41.6 Å². The summed E-state index contributed by atoms with van der Waals surface area (Å²) in [5, 5.41) is 14.9. The minimum atomic E-state index is -1.06. The van der Waals surface area contributed by atoms with E-state index in [9.17, 15) is 19.7 Å². The topological polar surface area (TPSA) is 151 Å². The molecule has 0 radical (unpaired) electrons. The van der Waals surface area contributed by atoms with Gasteiger partial charge in [-0.3, -0.25) is 14.6 Å². The molecule has 0 saturated heterocycles. The number of hydrogen-bond donors (Lipinski definition) is 1. The highest BCUT2D eigenvalue weighted by molar-refractivity contribution is 5.91. The molecule has 1 aliphatic heterocycles. The zero-order valence-electron chi connectivity index (χ0n) is 30.6. The maximum atomic E-state index is 15.8. The molecule has 0 amide bonds. The lowest BCUT2D eigenvalue weighted by atomic mass is 10.0. The van der Waals surface area contributed by atoms with Crippen LogP contribution in [0.3, 0.4) is 0 Å². The van der Waals surface area contributed by atoms with Crippen molar-refractivity contribution >= 4 is 34.4 Å². The summed E-state index contributed by atoms with van der Waals surface area (Å²) in [6.45, 7) is 0.857. The zero-order valence-corrected chi connectivity index (χ0v) is 30.6. The largest absolute Gasteiger partial charge is 0.494 e. The number of aromatic nitrogens is 3. The molecule has 13 nitrogen and oxygen atoms in total. The molecule has 0 bridgehead atoms. The molecule has 1 N–H and O–H groups in total. The van der Waals surface area contributed by atoms with Crippen molar-refractivity contribution in [1.29, 1.82) is 0 Å². The first-order valence-corrected chi connectivity index (χ1v) is 17.2. The number of fused-ring (bicyclic) bond motifs is 1. The SMILES string of the molecule is COc1cc(OC)c(F)c(-c2cc3cnc(Nc4ccncc4)cc3n(Cc3cccc(CC(=O)/C=C/C[N+](C)(C)CC4=C([N+](=O)[O-])N=CC4)c3)c2=O)c1F. The summed E-state index contributed by atoms with van der Waals surface area (Å²) in [7, 11) is 6.30. The predicted octanol–water partition coefficient (Wildman–Crippen LogP) is 6.25. The Kier molecular flexibility index (Phi) is 11.2. The smallest absolute Gasteiger partial charge is 0.368 e. The van der Waals surface area contributed by atoms with Gasteiger partial charge in [0.1, 0.15) is 18.6 Å². The quantitative estimate of drug-likeness (QED) is 0.0567. The number of halogens is 2. The molecular formula is C40H38F2N7O6+. The van der Waals surface area contributed by atoms with E-state index in [2.05, 4.69) is 20.3 Å². The van der Waals surface area contributed by atoms with E-state index in [4.69, 9.17) is 9.47 Å². The third kappa shape index (κ3) is 8.63. The number of nitrogens with zero attached hydrogens (tertiary/aromatic N) is 6. The van der Waals surface area contributed by atoms with E-state index < -0.39 is 27.7 Å². The summed E-state index contributed by atoms with van der Waals surface area (Å²) in [5.41, 5.74) is 1.58. The number of pyridine rings is 3. The Bertz CT molecular complexity index is 2420. The Morgan fingerprint density at radius 3 is 2.44 bits per heavy atom. The minimum absolute atomic E-state index is 0.0124. The molecule has 2 aromatic carbocycles. The third-order valence-electron chi connectivity index (χ3n) is 9.05. The standard InChI is InChI=1S/C40H37F2N7O6/c1-49(2,24-27-10-15-44-39(27)48(52)53)16-6-9-30(50)18-25-7-5-8-26(17-25)23-47-32-20-35(46-29-11-13-43-14-12-29)45-22-28(32)19-31(40(47)51)36-37(41)33(54-3)21-34(55-4)38(36)42/h5-9,11-15,17,19-22H,10,16,18,23-24H2,1-4H3/p+1/b9-6+. The second-order valence-electron chi connectivity index (χ2n) is 13.6. The number of aliphatic imine (C=N–C) groups is 1. The van der Waals surface area contributed by atoms with Crippen LogP contribution in [-0.4, -0.2) is 77.3 Å². The van der Waals surface area contributed by atoms with Gasteiger partial charge in [-0.2, -0.15) is 0 Å². The van der Waals surface area contributed by atoms with Crippen LogP contribution in [0.2, 0.25) is 0 Å². The Balaban J connectivity index is 1.31. The monoisotopic (exact) mass is 750 g/mol. The molecule has 5 aromatic rings. The molecule has 282 valence electrons. The molecule has 55 heavy (non-hydrogen) atoms. The van der Waals surface area contributed by atoms with Crippen molar-refractivity contribution in [3.63, 3.8) is 0 Å². The summed E-state index contributed by atoms with van der Waals surface area (Å²) in [5.74, 6) is -2.58. The maximum Gasteiger partial charge on any atom is 0.368 e. The minimum Gasteiger partial charge on any atom is -0.494 e. The fourth-order valence-electron chi connectivity index (χ4n) is 6.45. The molecule has 0 spiro atoms. The molecule has 0 aliphatic carbocycles. The summed E-state index contributed by atoms with van der Waals surface area (Å²) in [6.07, 6.45) is 10.0. The van der Waals surface area contributed by atoms with Gasteiger partial charge in [0.15, 0.2) is 28.9 Å². The Morgan fingerprint density at radius 1 is 1.04 bits per heavy atom. The van der Waals surface area contributed by atoms with E-state index in [0.717, 1.165) is 6.07 Å². The van der Waals surface area contributed by atoms with Crippen LogP contribution < -0.4 is 20.3 Å². The van der Waals surface area contributed by atoms with E-state index >= 15 is 8.78 Å². The summed E-state index contributed by atoms with van der Waals surface area (Å²) < 4.78 is 43.6. The first-order valence-electron chi connectivity index (χ1n) is 17.2. The average Bonchev–Trinajstić information content (AvgIpc) is 3.62. The fourth-order valence-corrected chi connectivity index (χ4v) is 6.45. The lowest BCUT2D eigenvalue weighted by Gasteiger charge is -2.28. The van der Waals surface area contributed by atoms with Crippen LogP contribution >= 0.6 is 0 Å². The van der Waals surface area contributed by atoms with Crippen molar-refractivity contribution in [3.05, 3.63) is 140 Å². The van der Waals surface area contributed by atoms with Gasteiger partial charge in [0.2, 0.25) is 0 Å². The van der Waals surface area contributed by atoms with E-state index in [1.54, 1.807) is 60.9 Å². The van der Waals surface area contributed by atoms with Crippen LogP contribution in [0.5, 0.6) is 11.5 Å². The third-order valence-corrected chi connectivity index (χ3v) is 9.05. The second-order valence-corrected chi connectivity index (χ2v) is 13.6. The number of likely N-dealkylation sites (N-methyl/N-ethyl adjacent to an activating group) is 1. The number of nitro groups is 1. The van der Waals surface area contributed by atoms with Crippen molar-refractivity contribution < 1.29 is 32.5 Å². The van der Waals surface area contributed by atoms with Crippen LogP contribution in [0.4, 0.5) is 20.3 Å². The van der Waals surface area contributed by atoms with Gasteiger partial charge < -0.3 is 34.0 Å². The van der Waals surface area contributed by atoms with Gasteiger partial charge in [0.05, 0.1) is 63.6 Å². The van der Waals surface area contributed by atoms with Crippen LogP contribution in [0.15, 0.2) is 107 Å². The number of quaternary nitrogens is 1. The van der Waals surface area contributed by atoms with Gasteiger partial charge in [-0.1, -0.05) is 29.3 Å². The number of benzene rings is 2. The van der Waals surface area contributed by atoms with Crippen molar-refractivity contribution in [1.82, 2.24) is 14.5 Å². The Labute approximate surface area is 314 Å². The second kappa shape index (κ2) is 16.2. The first-order chi connectivity index (χ1) is 26.4. The number of anilines is 2. The van der Waals surface area contributed by atoms with Crippen LogP contribution in [0, 0.1) is 21.7 Å². The van der Waals surface area contributed by atoms with Crippen molar-refractivity contribution in [2.45, 2.75) is 19.4 Å². The first kappa shape index (κ1) is 38.1. The molecule has 15 heteroatoms. The normalized spacial score (nSPS) is 12.8. The molecule has 0 unspecified atom stereocenters. The van der Waals surface area contributed by atoms with Crippen LogP contribution in [0.25, 0.3) is 22.0 Å². The van der Waals surface area contributed by atoms with Gasteiger partial charge in [0.25, 0.3) is 5.56 Å². The highest BCUT2D eigenvalue weighted by Crippen LogP contribution is 2.37. The van der Waals surface area contributed by atoms with E-state index in [1.165, 1.54) is 43.3 Å². The number of rotatable bonds is 15. The van der Waals surface area contributed by atoms with Gasteiger partial charge in [0, 0.05) is 54.6 Å². The summed E-state index contributed by atoms with van der Waals surface area (Å²) >= 11 is 0. The number of allylic oxidation sites excluding steroid dienone is 1. The molecule has 0 atom stereocenters. The average molecular weight is 751 g/mol. The number of carbonyl (C=O) groups excluding carboxylic acids is 1. The molecule has 0 saturated carbocycles. The van der Waals surface area contributed by atoms with E-state index in [1.807, 2.05) is 14.1 Å². The van der Waals surface area contributed by atoms with Gasteiger partial charge >= 0.3 is 5.82 Å². The molecule has 0 fully saturated rings. The van der Waals surface area contributed by atoms with Crippen LogP contribution in [-0.2, 0) is 17.8 Å². The van der Waals surface area contributed by atoms with E-state index in [0.29, 0.717) is 63.1 Å². The maximum absolute atomic E-state index is 15.8. The van der Waals surface area contributed by atoms with Crippen molar-refractivity contribution in [3.8, 4) is 22.6 Å². The number of ether oxygens (including phenoxy) is 2. The highest BCUT2D eigenvalue weighted by Gasteiger charge is 2.28. The molecular weight excluding hydrogens is 712 g/mol. The van der Waals surface area contributed by atoms with Crippen molar-refractivity contribution in [2.24, 2.45) is 4.99 Å². The number of methoxy groups -OCH3 is 2. The Morgan fingerprint density at radius 2 is 1.75 bits per heavy atom. The number of nitrogens with one attached hydrogen (secondary N) is 1.